The number of carbonyl (C=O) groups excluding carboxylic acids is 1. The zero-order valence-electron chi connectivity index (χ0n) is 19.6. The molecule has 1 amide bonds. The van der Waals surface area contributed by atoms with E-state index < -0.39 is 5.60 Å². The van der Waals surface area contributed by atoms with Gasteiger partial charge in [0, 0.05) is 7.05 Å². The summed E-state index contributed by atoms with van der Waals surface area (Å²) in [5.74, 6) is 2.31. The monoisotopic (exact) mass is 429 g/mol. The molecule has 0 atom stereocenters. The van der Waals surface area contributed by atoms with Crippen molar-refractivity contribution in [3.63, 3.8) is 0 Å². The van der Waals surface area contributed by atoms with Crippen LogP contribution in [-0.2, 0) is 17.6 Å². The molecule has 0 aromatic heterocycles. The van der Waals surface area contributed by atoms with E-state index in [9.17, 15) is 4.79 Å². The second-order valence-corrected chi connectivity index (χ2v) is 8.44. The second-order valence-electron chi connectivity index (χ2n) is 8.44. The Balaban J connectivity index is 1.80. The van der Waals surface area contributed by atoms with Gasteiger partial charge in [-0.25, -0.2) is 4.79 Å². The first kappa shape index (κ1) is 24.4. The van der Waals surface area contributed by atoms with Crippen molar-refractivity contribution in [2.24, 2.45) is 0 Å². The van der Waals surface area contributed by atoms with Crippen LogP contribution in [0.5, 0.6) is 17.2 Å². The summed E-state index contributed by atoms with van der Waals surface area (Å²) in [4.78, 5) is 13.5. The Kier molecular flexibility index (Phi) is 9.03. The Labute approximate surface area is 186 Å². The average molecular weight is 430 g/mol. The van der Waals surface area contributed by atoms with Crippen LogP contribution in [0.2, 0.25) is 0 Å². The molecule has 0 saturated carbocycles. The van der Waals surface area contributed by atoms with Crippen molar-refractivity contribution in [3.05, 3.63) is 53.6 Å². The molecule has 31 heavy (non-hydrogen) atoms. The lowest BCUT2D eigenvalue weighted by Crippen LogP contribution is -2.36. The smallest absolute Gasteiger partial charge is 0.410 e. The predicted molar refractivity (Wildman–Crippen MR) is 122 cm³/mol. The molecule has 0 bridgehead atoms. The van der Waals surface area contributed by atoms with Gasteiger partial charge in [0.25, 0.3) is 0 Å². The zero-order valence-corrected chi connectivity index (χ0v) is 19.6. The van der Waals surface area contributed by atoms with Gasteiger partial charge in [-0.2, -0.15) is 0 Å². The molecular weight excluding hydrogens is 394 g/mol. The summed E-state index contributed by atoms with van der Waals surface area (Å²) >= 11 is 0. The lowest BCUT2D eigenvalue weighted by atomic mass is 10.0. The molecule has 0 saturated heterocycles. The van der Waals surface area contributed by atoms with Crippen LogP contribution in [0.4, 0.5) is 4.79 Å². The third-order valence-corrected chi connectivity index (χ3v) is 4.68. The van der Waals surface area contributed by atoms with Crippen molar-refractivity contribution in [2.75, 3.05) is 34.4 Å². The Morgan fingerprint density at radius 3 is 2.26 bits per heavy atom. The fourth-order valence-corrected chi connectivity index (χ4v) is 3.06. The second kappa shape index (κ2) is 11.5. The number of carbonyl (C=O) groups is 1. The molecule has 0 N–H and O–H groups in total. The van der Waals surface area contributed by atoms with Crippen molar-refractivity contribution in [1.82, 2.24) is 4.90 Å². The van der Waals surface area contributed by atoms with Gasteiger partial charge in [0.2, 0.25) is 0 Å². The predicted octanol–water partition coefficient (Wildman–Crippen LogP) is 5.12. The number of nitrogens with zero attached hydrogens (tertiary/aromatic N) is 1. The van der Waals surface area contributed by atoms with Gasteiger partial charge in [0.05, 0.1) is 20.8 Å². The Hall–Kier alpha value is -2.89. The summed E-state index contributed by atoms with van der Waals surface area (Å²) in [6, 6.07) is 14.1. The number of rotatable bonds is 10. The molecule has 2 rings (SSSR count). The highest BCUT2D eigenvalue weighted by Gasteiger charge is 2.19. The van der Waals surface area contributed by atoms with E-state index in [2.05, 4.69) is 18.2 Å². The highest BCUT2D eigenvalue weighted by molar-refractivity contribution is 5.67. The Morgan fingerprint density at radius 2 is 1.61 bits per heavy atom. The fraction of sp³-hybridized carbons (Fsp3) is 0.480. The first-order chi connectivity index (χ1) is 14.7. The molecule has 0 radical (unpaired) electrons. The summed E-state index contributed by atoms with van der Waals surface area (Å²) in [5, 5.41) is 0. The van der Waals surface area contributed by atoms with E-state index in [0.717, 1.165) is 36.5 Å². The van der Waals surface area contributed by atoms with Gasteiger partial charge >= 0.3 is 6.09 Å². The van der Waals surface area contributed by atoms with Gasteiger partial charge in [-0.1, -0.05) is 18.2 Å². The lowest BCUT2D eigenvalue weighted by molar-refractivity contribution is 0.0278. The van der Waals surface area contributed by atoms with E-state index in [1.54, 1.807) is 21.3 Å². The van der Waals surface area contributed by atoms with Crippen molar-refractivity contribution in [1.29, 1.82) is 0 Å². The molecule has 6 nitrogen and oxygen atoms in total. The highest BCUT2D eigenvalue weighted by Crippen LogP contribution is 2.28. The van der Waals surface area contributed by atoms with Crippen LogP contribution in [0.3, 0.4) is 0 Å². The van der Waals surface area contributed by atoms with Crippen molar-refractivity contribution in [3.8, 4) is 17.2 Å². The maximum absolute atomic E-state index is 12.0. The van der Waals surface area contributed by atoms with Crippen LogP contribution in [-0.4, -0.2) is 51.0 Å². The van der Waals surface area contributed by atoms with E-state index in [1.165, 1.54) is 16.0 Å². The maximum atomic E-state index is 12.0. The van der Waals surface area contributed by atoms with Crippen LogP contribution in [0.1, 0.15) is 38.3 Å². The largest absolute Gasteiger partial charge is 0.493 e. The third-order valence-electron chi connectivity index (χ3n) is 4.68. The number of amides is 1. The van der Waals surface area contributed by atoms with Gasteiger partial charge in [-0.15, -0.1) is 0 Å². The van der Waals surface area contributed by atoms with E-state index in [1.807, 2.05) is 45.0 Å². The number of likely N-dealkylation sites (N-methyl/N-ethyl adjacent to an activating group) is 1. The van der Waals surface area contributed by atoms with Crippen LogP contribution in [0.15, 0.2) is 42.5 Å². The van der Waals surface area contributed by atoms with E-state index in [-0.39, 0.29) is 6.09 Å². The highest BCUT2D eigenvalue weighted by atomic mass is 16.6. The number of hydrogen-bond donors (Lipinski definition) is 0. The molecule has 2 aromatic rings. The molecule has 2 aromatic carbocycles. The number of benzene rings is 2. The van der Waals surface area contributed by atoms with Crippen molar-refractivity contribution < 1.29 is 23.7 Å². The van der Waals surface area contributed by atoms with Crippen molar-refractivity contribution in [2.45, 2.75) is 45.6 Å². The molecular formula is C25H35NO5. The number of methoxy groups -OCH3 is 2. The third kappa shape index (κ3) is 8.40. The van der Waals surface area contributed by atoms with Crippen LogP contribution in [0, 0.1) is 0 Å². The van der Waals surface area contributed by atoms with Gasteiger partial charge in [0.1, 0.15) is 18.0 Å². The first-order valence-electron chi connectivity index (χ1n) is 10.6. The molecule has 0 aliphatic rings. The molecule has 170 valence electrons. The van der Waals surface area contributed by atoms with Crippen LogP contribution in [0.25, 0.3) is 0 Å². The average Bonchev–Trinajstić information content (AvgIpc) is 2.72. The number of hydrogen-bond acceptors (Lipinski definition) is 5. The molecule has 0 unspecified atom stereocenters. The summed E-state index contributed by atoms with van der Waals surface area (Å²) in [6.07, 6.45) is 2.57. The minimum atomic E-state index is -0.502. The Bertz CT molecular complexity index is 844. The standard InChI is InChI=1S/C25H35NO5/c1-25(2,3)31-24(27)26(4)15-16-30-21-12-8-11-19(17-21)9-7-10-20-13-14-22(28-5)23(18-20)29-6/h8,11-14,17-18H,7,9-10,15-16H2,1-6H3. The zero-order chi connectivity index (χ0) is 22.9. The molecule has 0 aliphatic carbocycles. The van der Waals surface area contributed by atoms with Crippen molar-refractivity contribution >= 4 is 6.09 Å². The molecule has 0 spiro atoms. The first-order valence-corrected chi connectivity index (χ1v) is 10.6. The summed E-state index contributed by atoms with van der Waals surface area (Å²) in [6.45, 7) is 6.42. The Morgan fingerprint density at radius 1 is 0.935 bits per heavy atom. The van der Waals surface area contributed by atoms with Gasteiger partial charge in [-0.05, 0) is 75.4 Å². The topological polar surface area (TPSA) is 57.2 Å². The normalized spacial score (nSPS) is 11.0. The molecule has 0 aliphatic heterocycles. The van der Waals surface area contributed by atoms with E-state index in [4.69, 9.17) is 18.9 Å². The van der Waals surface area contributed by atoms with Crippen LogP contribution < -0.4 is 14.2 Å². The maximum Gasteiger partial charge on any atom is 0.410 e. The molecule has 0 heterocycles. The molecule has 0 fully saturated rings. The lowest BCUT2D eigenvalue weighted by Gasteiger charge is -2.24. The van der Waals surface area contributed by atoms with Gasteiger partial charge in [0.15, 0.2) is 11.5 Å². The minimum Gasteiger partial charge on any atom is -0.493 e. The fourth-order valence-electron chi connectivity index (χ4n) is 3.06. The SMILES string of the molecule is COc1ccc(CCCc2cccc(OCCN(C)C(=O)OC(C)(C)C)c2)cc1OC. The minimum absolute atomic E-state index is 0.347. The summed E-state index contributed by atoms with van der Waals surface area (Å²) in [7, 11) is 5.00. The van der Waals surface area contributed by atoms with Gasteiger partial charge < -0.3 is 23.8 Å². The van der Waals surface area contributed by atoms with Crippen LogP contribution >= 0.6 is 0 Å². The number of ether oxygens (including phenoxy) is 4. The number of aryl methyl sites for hydroxylation is 2. The quantitative estimate of drug-likeness (QED) is 0.524. The summed E-state index contributed by atoms with van der Waals surface area (Å²) < 4.78 is 21.9. The summed E-state index contributed by atoms with van der Waals surface area (Å²) in [5.41, 5.74) is 1.94. The van der Waals surface area contributed by atoms with E-state index in [0.29, 0.717) is 13.2 Å². The van der Waals surface area contributed by atoms with Gasteiger partial charge in [-0.3, -0.25) is 0 Å². The molecule has 6 heteroatoms. The van der Waals surface area contributed by atoms with E-state index >= 15 is 0 Å².